The highest BCUT2D eigenvalue weighted by molar-refractivity contribution is 8.18. The van der Waals surface area contributed by atoms with Crippen LogP contribution in [0.4, 0.5) is 5.69 Å². The van der Waals surface area contributed by atoms with Crippen LogP contribution in [0.15, 0.2) is 52.4 Å². The van der Waals surface area contributed by atoms with Crippen LogP contribution in [0.5, 0.6) is 11.5 Å². The third kappa shape index (κ3) is 4.29. The zero-order chi connectivity index (χ0) is 19.4. The summed E-state index contributed by atoms with van der Waals surface area (Å²) in [5, 5.41) is 12.0. The number of aromatic carboxylic acids is 1. The number of hydrogen-bond donors (Lipinski definition) is 2. The molecule has 0 spiro atoms. The molecule has 27 heavy (non-hydrogen) atoms. The molecule has 0 atom stereocenters. The van der Waals surface area contributed by atoms with E-state index < -0.39 is 5.97 Å². The zero-order valence-corrected chi connectivity index (χ0v) is 15.4. The SMILES string of the molecule is COc1ccc(C=C2SC(=Nc3ccc(C(=O)O)cc3)NC2=O)cc1OC. The Bertz CT molecular complexity index is 951. The Kier molecular flexibility index (Phi) is 5.46. The average molecular weight is 384 g/mol. The number of aliphatic imine (C=N–C) groups is 1. The lowest BCUT2D eigenvalue weighted by molar-refractivity contribution is -0.115. The number of carboxylic acid groups (broad SMARTS) is 1. The van der Waals surface area contributed by atoms with E-state index in [4.69, 9.17) is 14.6 Å². The van der Waals surface area contributed by atoms with Crippen molar-refractivity contribution in [2.75, 3.05) is 14.2 Å². The van der Waals surface area contributed by atoms with Crippen molar-refractivity contribution in [3.05, 3.63) is 58.5 Å². The second kappa shape index (κ2) is 7.96. The highest BCUT2D eigenvalue weighted by atomic mass is 32.2. The second-order valence-electron chi connectivity index (χ2n) is 5.45. The summed E-state index contributed by atoms with van der Waals surface area (Å²) in [4.78, 5) is 27.9. The molecule has 1 aliphatic rings. The molecule has 138 valence electrons. The van der Waals surface area contributed by atoms with Gasteiger partial charge in [-0.05, 0) is 59.8 Å². The molecule has 1 amide bonds. The molecule has 1 aliphatic heterocycles. The fraction of sp³-hybridized carbons (Fsp3) is 0.105. The van der Waals surface area contributed by atoms with Crippen LogP contribution >= 0.6 is 11.8 Å². The summed E-state index contributed by atoms with van der Waals surface area (Å²) in [6, 6.07) is 11.5. The number of carboxylic acids is 1. The van der Waals surface area contributed by atoms with Crippen molar-refractivity contribution >= 4 is 40.6 Å². The Morgan fingerprint density at radius 1 is 1.11 bits per heavy atom. The van der Waals surface area contributed by atoms with Gasteiger partial charge in [-0.15, -0.1) is 0 Å². The Hall–Kier alpha value is -3.26. The van der Waals surface area contributed by atoms with Crippen molar-refractivity contribution in [3.8, 4) is 11.5 Å². The first-order chi connectivity index (χ1) is 13.0. The molecule has 2 aromatic rings. The maximum Gasteiger partial charge on any atom is 0.335 e. The van der Waals surface area contributed by atoms with Crippen LogP contribution in [0.2, 0.25) is 0 Å². The Morgan fingerprint density at radius 3 is 2.44 bits per heavy atom. The molecule has 0 aliphatic carbocycles. The van der Waals surface area contributed by atoms with E-state index in [1.807, 2.05) is 6.07 Å². The topological polar surface area (TPSA) is 97.2 Å². The molecule has 2 N–H and O–H groups in total. The molecule has 0 unspecified atom stereocenters. The average Bonchev–Trinajstić information content (AvgIpc) is 3.00. The van der Waals surface area contributed by atoms with E-state index in [0.717, 1.165) is 5.56 Å². The first kappa shape index (κ1) is 18.5. The van der Waals surface area contributed by atoms with Crippen LogP contribution in [0.1, 0.15) is 15.9 Å². The van der Waals surface area contributed by atoms with Gasteiger partial charge in [0.25, 0.3) is 5.91 Å². The number of amides is 1. The fourth-order valence-corrected chi connectivity index (χ4v) is 3.21. The summed E-state index contributed by atoms with van der Waals surface area (Å²) in [6.07, 6.45) is 1.73. The maximum atomic E-state index is 12.2. The normalized spacial score (nSPS) is 16.4. The molecular formula is C19H16N2O5S. The molecule has 8 heteroatoms. The third-order valence-corrected chi connectivity index (χ3v) is 4.61. The van der Waals surface area contributed by atoms with Gasteiger partial charge in [0.05, 0.1) is 30.4 Å². The molecule has 7 nitrogen and oxygen atoms in total. The van der Waals surface area contributed by atoms with Crippen LogP contribution in [-0.4, -0.2) is 36.4 Å². The highest BCUT2D eigenvalue weighted by Crippen LogP contribution is 2.32. The molecular weight excluding hydrogens is 368 g/mol. The lowest BCUT2D eigenvalue weighted by Gasteiger charge is -2.07. The first-order valence-electron chi connectivity index (χ1n) is 7.85. The minimum atomic E-state index is -1.00. The van der Waals surface area contributed by atoms with Crippen molar-refractivity contribution in [1.29, 1.82) is 0 Å². The third-order valence-electron chi connectivity index (χ3n) is 3.70. The van der Waals surface area contributed by atoms with Gasteiger partial charge in [0.1, 0.15) is 0 Å². The fourth-order valence-electron chi connectivity index (χ4n) is 2.37. The summed E-state index contributed by atoms with van der Waals surface area (Å²) in [5.41, 5.74) is 1.52. The van der Waals surface area contributed by atoms with Crippen LogP contribution in [-0.2, 0) is 4.79 Å². The number of hydrogen-bond acceptors (Lipinski definition) is 6. The summed E-state index contributed by atoms with van der Waals surface area (Å²) < 4.78 is 10.5. The molecule has 0 radical (unpaired) electrons. The summed E-state index contributed by atoms with van der Waals surface area (Å²) in [5.74, 6) is -0.0773. The molecule has 0 aromatic heterocycles. The van der Waals surface area contributed by atoms with Crippen molar-refractivity contribution in [3.63, 3.8) is 0 Å². The number of carbonyl (C=O) groups is 2. The number of rotatable bonds is 5. The Morgan fingerprint density at radius 2 is 1.81 bits per heavy atom. The van der Waals surface area contributed by atoms with Gasteiger partial charge in [-0.25, -0.2) is 9.79 Å². The van der Waals surface area contributed by atoms with E-state index in [1.165, 1.54) is 23.9 Å². The minimum Gasteiger partial charge on any atom is -0.493 e. The van der Waals surface area contributed by atoms with Gasteiger partial charge in [-0.1, -0.05) is 6.07 Å². The van der Waals surface area contributed by atoms with Gasteiger partial charge in [-0.2, -0.15) is 0 Å². The number of ether oxygens (including phenoxy) is 2. The zero-order valence-electron chi connectivity index (χ0n) is 14.6. The Balaban J connectivity index is 1.80. The molecule has 1 heterocycles. The molecule has 0 bridgehead atoms. The first-order valence-corrected chi connectivity index (χ1v) is 8.67. The quantitative estimate of drug-likeness (QED) is 0.768. The largest absolute Gasteiger partial charge is 0.493 e. The number of benzene rings is 2. The van der Waals surface area contributed by atoms with Gasteiger partial charge in [0.2, 0.25) is 0 Å². The molecule has 1 fully saturated rings. The van der Waals surface area contributed by atoms with Gasteiger partial charge < -0.3 is 19.9 Å². The molecule has 3 rings (SSSR count). The summed E-state index contributed by atoms with van der Waals surface area (Å²) in [7, 11) is 3.11. The van der Waals surface area contributed by atoms with Crippen molar-refractivity contribution in [2.45, 2.75) is 0 Å². The number of methoxy groups -OCH3 is 2. The highest BCUT2D eigenvalue weighted by Gasteiger charge is 2.24. The Labute approximate surface area is 159 Å². The van der Waals surface area contributed by atoms with E-state index in [2.05, 4.69) is 10.3 Å². The summed E-state index contributed by atoms with van der Waals surface area (Å²) >= 11 is 1.20. The minimum absolute atomic E-state index is 0.177. The lowest BCUT2D eigenvalue weighted by Crippen LogP contribution is -2.19. The van der Waals surface area contributed by atoms with Crippen molar-refractivity contribution < 1.29 is 24.2 Å². The van der Waals surface area contributed by atoms with Crippen molar-refractivity contribution in [1.82, 2.24) is 5.32 Å². The molecule has 0 saturated carbocycles. The van der Waals surface area contributed by atoms with E-state index >= 15 is 0 Å². The lowest BCUT2D eigenvalue weighted by atomic mass is 10.2. The number of thioether (sulfide) groups is 1. The van der Waals surface area contributed by atoms with Crippen LogP contribution in [0.25, 0.3) is 6.08 Å². The summed E-state index contributed by atoms with van der Waals surface area (Å²) in [6.45, 7) is 0. The predicted octanol–water partition coefficient (Wildman–Crippen LogP) is 3.29. The molecule has 2 aromatic carbocycles. The van der Waals surface area contributed by atoms with Gasteiger partial charge in [-0.3, -0.25) is 4.79 Å². The van der Waals surface area contributed by atoms with E-state index in [0.29, 0.717) is 27.3 Å². The number of amidine groups is 1. The smallest absolute Gasteiger partial charge is 0.335 e. The van der Waals surface area contributed by atoms with Crippen LogP contribution in [0.3, 0.4) is 0 Å². The number of nitrogens with zero attached hydrogens (tertiary/aromatic N) is 1. The predicted molar refractivity (Wildman–Crippen MR) is 104 cm³/mol. The molecule has 1 saturated heterocycles. The number of nitrogens with one attached hydrogen (secondary N) is 1. The van der Waals surface area contributed by atoms with Crippen LogP contribution in [0, 0.1) is 0 Å². The van der Waals surface area contributed by atoms with E-state index in [9.17, 15) is 9.59 Å². The monoisotopic (exact) mass is 384 g/mol. The van der Waals surface area contributed by atoms with E-state index in [-0.39, 0.29) is 11.5 Å². The van der Waals surface area contributed by atoms with Gasteiger partial charge in [0, 0.05) is 0 Å². The second-order valence-corrected chi connectivity index (χ2v) is 6.48. The number of carbonyl (C=O) groups excluding carboxylic acids is 1. The van der Waals surface area contributed by atoms with Gasteiger partial charge in [0.15, 0.2) is 16.7 Å². The van der Waals surface area contributed by atoms with E-state index in [1.54, 1.807) is 44.6 Å². The maximum absolute atomic E-state index is 12.2. The van der Waals surface area contributed by atoms with Crippen LogP contribution < -0.4 is 14.8 Å². The standard InChI is InChI=1S/C19H16N2O5S/c1-25-14-8-3-11(9-15(14)26-2)10-16-17(22)21-19(27-16)20-13-6-4-12(5-7-13)18(23)24/h3-10H,1-2H3,(H,23,24)(H,20,21,22). The van der Waals surface area contributed by atoms with Crippen molar-refractivity contribution in [2.24, 2.45) is 4.99 Å². The van der Waals surface area contributed by atoms with Gasteiger partial charge >= 0.3 is 5.97 Å².